The molecule has 2 aromatic rings. The average molecular weight is 174 g/mol. The van der Waals surface area contributed by atoms with Crippen LogP contribution in [0.1, 0.15) is 11.3 Å². The Morgan fingerprint density at radius 3 is 2.62 bits per heavy atom. The largest absolute Gasteiger partial charge is 0.504 e. The second-order valence-corrected chi connectivity index (χ2v) is 2.90. The van der Waals surface area contributed by atoms with Crippen LogP contribution in [-0.4, -0.2) is 15.3 Å². The van der Waals surface area contributed by atoms with Gasteiger partial charge in [-0.3, -0.25) is 5.10 Å². The van der Waals surface area contributed by atoms with Crippen LogP contribution in [0.25, 0.3) is 0 Å². The number of nitrogens with zero attached hydrogens (tertiary/aromatic N) is 1. The van der Waals surface area contributed by atoms with Crippen molar-refractivity contribution >= 4 is 0 Å². The maximum atomic E-state index is 9.32. The Morgan fingerprint density at radius 2 is 2.00 bits per heavy atom. The van der Waals surface area contributed by atoms with Crippen molar-refractivity contribution in [3.63, 3.8) is 0 Å². The number of hydrogen-bond donors (Lipinski definition) is 2. The van der Waals surface area contributed by atoms with Crippen LogP contribution in [0.3, 0.4) is 0 Å². The molecule has 1 heterocycles. The topological polar surface area (TPSA) is 48.9 Å². The Morgan fingerprint density at radius 1 is 1.23 bits per heavy atom. The average Bonchev–Trinajstić information content (AvgIpc) is 2.54. The molecule has 0 radical (unpaired) electrons. The summed E-state index contributed by atoms with van der Waals surface area (Å²) in [5.41, 5.74) is 1.91. The maximum Gasteiger partial charge on any atom is 0.156 e. The summed E-state index contributed by atoms with van der Waals surface area (Å²) in [5.74, 6) is 0.226. The highest BCUT2D eigenvalue weighted by Crippen LogP contribution is 2.16. The summed E-state index contributed by atoms with van der Waals surface area (Å²) >= 11 is 0. The highest BCUT2D eigenvalue weighted by molar-refractivity contribution is 5.28. The van der Waals surface area contributed by atoms with Crippen LogP contribution in [0, 0.1) is 0 Å². The normalized spacial score (nSPS) is 10.2. The molecule has 0 spiro atoms. The van der Waals surface area contributed by atoms with Gasteiger partial charge in [-0.05, 0) is 5.56 Å². The molecule has 1 aromatic carbocycles. The zero-order valence-electron chi connectivity index (χ0n) is 7.07. The lowest BCUT2D eigenvalue weighted by molar-refractivity contribution is 0.469. The Bertz CT molecular complexity index is 381. The van der Waals surface area contributed by atoms with Gasteiger partial charge in [-0.25, -0.2) is 0 Å². The van der Waals surface area contributed by atoms with E-state index in [4.69, 9.17) is 0 Å². The molecular formula is C10H10N2O. The number of H-pyrrole nitrogens is 1. The van der Waals surface area contributed by atoms with Crippen LogP contribution in [0.5, 0.6) is 5.75 Å². The molecule has 0 bridgehead atoms. The van der Waals surface area contributed by atoms with Crippen molar-refractivity contribution in [2.45, 2.75) is 6.42 Å². The van der Waals surface area contributed by atoms with Gasteiger partial charge in [0.15, 0.2) is 5.75 Å². The van der Waals surface area contributed by atoms with Crippen molar-refractivity contribution < 1.29 is 5.11 Å². The van der Waals surface area contributed by atoms with E-state index in [1.54, 1.807) is 0 Å². The van der Waals surface area contributed by atoms with Gasteiger partial charge in [-0.15, -0.1) is 0 Å². The van der Waals surface area contributed by atoms with Gasteiger partial charge < -0.3 is 5.11 Å². The minimum Gasteiger partial charge on any atom is -0.504 e. The Balaban J connectivity index is 2.20. The van der Waals surface area contributed by atoms with E-state index in [2.05, 4.69) is 10.2 Å². The fraction of sp³-hybridized carbons (Fsp3) is 0.100. The SMILES string of the molecule is Oc1cn[nH]c1Cc1ccccc1. The summed E-state index contributed by atoms with van der Waals surface area (Å²) < 4.78 is 0. The van der Waals surface area contributed by atoms with Crippen molar-refractivity contribution in [3.8, 4) is 5.75 Å². The number of nitrogens with one attached hydrogen (secondary N) is 1. The van der Waals surface area contributed by atoms with Crippen LogP contribution in [-0.2, 0) is 6.42 Å². The van der Waals surface area contributed by atoms with Crippen molar-refractivity contribution in [2.24, 2.45) is 0 Å². The molecule has 0 aliphatic rings. The summed E-state index contributed by atoms with van der Waals surface area (Å²) in [6, 6.07) is 9.95. The van der Waals surface area contributed by atoms with E-state index < -0.39 is 0 Å². The molecule has 0 fully saturated rings. The van der Waals surface area contributed by atoms with Crippen molar-refractivity contribution in [3.05, 3.63) is 47.8 Å². The molecular weight excluding hydrogens is 164 g/mol. The third kappa shape index (κ3) is 1.69. The molecule has 0 aliphatic carbocycles. The zero-order chi connectivity index (χ0) is 9.10. The first-order valence-corrected chi connectivity index (χ1v) is 4.11. The molecule has 13 heavy (non-hydrogen) atoms. The fourth-order valence-corrected chi connectivity index (χ4v) is 1.24. The van der Waals surface area contributed by atoms with Gasteiger partial charge in [0.25, 0.3) is 0 Å². The molecule has 2 N–H and O–H groups in total. The van der Waals surface area contributed by atoms with Crippen LogP contribution in [0.15, 0.2) is 36.5 Å². The highest BCUT2D eigenvalue weighted by atomic mass is 16.3. The van der Waals surface area contributed by atoms with E-state index >= 15 is 0 Å². The van der Waals surface area contributed by atoms with E-state index in [0.29, 0.717) is 6.42 Å². The first-order chi connectivity index (χ1) is 6.36. The lowest BCUT2D eigenvalue weighted by Gasteiger charge is -1.97. The molecule has 66 valence electrons. The van der Waals surface area contributed by atoms with Crippen LogP contribution < -0.4 is 0 Å². The van der Waals surface area contributed by atoms with Crippen LogP contribution >= 0.6 is 0 Å². The lowest BCUT2D eigenvalue weighted by atomic mass is 10.1. The van der Waals surface area contributed by atoms with Crippen molar-refractivity contribution in [1.82, 2.24) is 10.2 Å². The highest BCUT2D eigenvalue weighted by Gasteiger charge is 2.02. The number of aromatic hydroxyl groups is 1. The second kappa shape index (κ2) is 3.31. The number of rotatable bonds is 2. The Hall–Kier alpha value is -1.77. The molecule has 0 atom stereocenters. The molecule has 3 nitrogen and oxygen atoms in total. The molecule has 0 aliphatic heterocycles. The first kappa shape index (κ1) is 7.86. The molecule has 1 aromatic heterocycles. The van der Waals surface area contributed by atoms with Gasteiger partial charge >= 0.3 is 0 Å². The van der Waals surface area contributed by atoms with Gasteiger partial charge in [0.05, 0.1) is 11.9 Å². The Labute approximate surface area is 76.0 Å². The zero-order valence-corrected chi connectivity index (χ0v) is 7.07. The predicted octanol–water partition coefficient (Wildman–Crippen LogP) is 1.71. The van der Waals surface area contributed by atoms with Gasteiger partial charge in [-0.2, -0.15) is 5.10 Å². The van der Waals surface area contributed by atoms with E-state index in [-0.39, 0.29) is 5.75 Å². The van der Waals surface area contributed by atoms with Gasteiger partial charge in [-0.1, -0.05) is 30.3 Å². The van der Waals surface area contributed by atoms with Gasteiger partial charge in [0, 0.05) is 6.42 Å². The third-order valence-corrected chi connectivity index (χ3v) is 1.92. The van der Waals surface area contributed by atoms with Gasteiger partial charge in [0.2, 0.25) is 0 Å². The van der Waals surface area contributed by atoms with E-state index in [1.807, 2.05) is 30.3 Å². The molecule has 0 amide bonds. The molecule has 0 saturated heterocycles. The fourth-order valence-electron chi connectivity index (χ4n) is 1.24. The molecule has 0 saturated carbocycles. The second-order valence-electron chi connectivity index (χ2n) is 2.90. The van der Waals surface area contributed by atoms with Gasteiger partial charge in [0.1, 0.15) is 0 Å². The van der Waals surface area contributed by atoms with Crippen molar-refractivity contribution in [2.75, 3.05) is 0 Å². The maximum absolute atomic E-state index is 9.32. The predicted molar refractivity (Wildman–Crippen MR) is 49.5 cm³/mol. The number of benzene rings is 1. The van der Waals surface area contributed by atoms with Crippen LogP contribution in [0.4, 0.5) is 0 Å². The first-order valence-electron chi connectivity index (χ1n) is 4.11. The molecule has 0 unspecified atom stereocenters. The van der Waals surface area contributed by atoms with E-state index in [1.165, 1.54) is 6.20 Å². The van der Waals surface area contributed by atoms with E-state index in [9.17, 15) is 5.11 Å². The third-order valence-electron chi connectivity index (χ3n) is 1.92. The standard InChI is InChI=1S/C10H10N2O/c13-10-7-11-12-9(10)6-8-4-2-1-3-5-8/h1-5,7,13H,6H2,(H,11,12). The quantitative estimate of drug-likeness (QED) is 0.728. The summed E-state index contributed by atoms with van der Waals surface area (Å²) in [5, 5.41) is 15.8. The molecule has 3 heteroatoms. The smallest absolute Gasteiger partial charge is 0.156 e. The lowest BCUT2D eigenvalue weighted by Crippen LogP contribution is -1.88. The summed E-state index contributed by atoms with van der Waals surface area (Å²) in [7, 11) is 0. The number of hydrogen-bond acceptors (Lipinski definition) is 2. The monoisotopic (exact) mass is 174 g/mol. The summed E-state index contributed by atoms with van der Waals surface area (Å²) in [6.07, 6.45) is 2.10. The minimum absolute atomic E-state index is 0.226. The van der Waals surface area contributed by atoms with Crippen LogP contribution in [0.2, 0.25) is 0 Å². The summed E-state index contributed by atoms with van der Waals surface area (Å²) in [4.78, 5) is 0. The Kier molecular flexibility index (Phi) is 2.00. The number of aromatic amines is 1. The number of aromatic nitrogens is 2. The minimum atomic E-state index is 0.226. The molecule has 2 rings (SSSR count). The van der Waals surface area contributed by atoms with E-state index in [0.717, 1.165) is 11.3 Å². The summed E-state index contributed by atoms with van der Waals surface area (Å²) in [6.45, 7) is 0. The van der Waals surface area contributed by atoms with Crippen molar-refractivity contribution in [1.29, 1.82) is 0 Å².